The van der Waals surface area contributed by atoms with Gasteiger partial charge in [0.1, 0.15) is 11.4 Å². The smallest absolute Gasteiger partial charge is 0.260 e. The number of amides is 1. The van der Waals surface area contributed by atoms with Crippen LogP contribution in [-0.2, 0) is 15.1 Å². The summed E-state index contributed by atoms with van der Waals surface area (Å²) in [6.45, 7) is 3.93. The number of benzene rings is 2. The molecule has 1 N–H and O–H groups in total. The van der Waals surface area contributed by atoms with Crippen molar-refractivity contribution in [1.82, 2.24) is 5.32 Å². The fourth-order valence-corrected chi connectivity index (χ4v) is 2.46. The van der Waals surface area contributed by atoms with Gasteiger partial charge in [-0.3, -0.25) is 4.79 Å². The highest BCUT2D eigenvalue weighted by atomic mass is 35.5. The molecule has 0 unspecified atom stereocenters. The van der Waals surface area contributed by atoms with Crippen molar-refractivity contribution in [1.29, 1.82) is 0 Å². The number of halogens is 1. The Morgan fingerprint density at radius 2 is 1.92 bits per heavy atom. The zero-order valence-corrected chi connectivity index (χ0v) is 14.8. The lowest BCUT2D eigenvalue weighted by atomic mass is 9.95. The molecule has 1 amide bonds. The van der Waals surface area contributed by atoms with Crippen LogP contribution in [0.2, 0.25) is 5.02 Å². The fourth-order valence-electron chi connectivity index (χ4n) is 2.27. The molecule has 0 saturated carbocycles. The number of hydrogen-bond acceptors (Lipinski definition) is 3. The van der Waals surface area contributed by atoms with Crippen LogP contribution in [0.4, 0.5) is 0 Å². The molecule has 0 fully saturated rings. The lowest BCUT2D eigenvalue weighted by Crippen LogP contribution is -2.44. The summed E-state index contributed by atoms with van der Waals surface area (Å²) in [6, 6.07) is 16.7. The Hall–Kier alpha value is -2.04. The second kappa shape index (κ2) is 8.18. The third kappa shape index (κ3) is 4.73. The Morgan fingerprint density at radius 1 is 1.21 bits per heavy atom. The van der Waals surface area contributed by atoms with E-state index < -0.39 is 11.7 Å². The average molecular weight is 348 g/mol. The number of carbonyl (C=O) groups excluding carboxylic acids is 1. The first kappa shape index (κ1) is 18.3. The lowest BCUT2D eigenvalue weighted by Gasteiger charge is -2.29. The van der Waals surface area contributed by atoms with E-state index in [0.29, 0.717) is 17.3 Å². The molecule has 0 saturated heterocycles. The SMILES string of the molecule is CO[C@](C)(CNC(=O)[C@@H](C)Oc1ccccc1)c1cccc(Cl)c1. The standard InChI is InChI=1S/C19H22ClNO3/c1-14(24-17-10-5-4-6-11-17)18(22)21-13-19(2,23-3)15-8-7-9-16(20)12-15/h4-12,14H,13H2,1-3H3,(H,21,22)/t14-,19-/m1/s1. The van der Waals surface area contributed by atoms with Crippen LogP contribution in [0.3, 0.4) is 0 Å². The van der Waals surface area contributed by atoms with Gasteiger partial charge in [-0.25, -0.2) is 0 Å². The van der Waals surface area contributed by atoms with Gasteiger partial charge in [-0.1, -0.05) is 41.9 Å². The summed E-state index contributed by atoms with van der Waals surface area (Å²) >= 11 is 6.05. The lowest BCUT2D eigenvalue weighted by molar-refractivity contribution is -0.128. The van der Waals surface area contributed by atoms with Crippen LogP contribution in [0, 0.1) is 0 Å². The Kier molecular flexibility index (Phi) is 6.23. The van der Waals surface area contributed by atoms with Gasteiger partial charge in [0, 0.05) is 12.1 Å². The third-order valence-electron chi connectivity index (χ3n) is 3.91. The molecule has 2 rings (SSSR count). The first-order valence-electron chi connectivity index (χ1n) is 7.75. The molecule has 0 heterocycles. The fraction of sp³-hybridized carbons (Fsp3) is 0.316. The molecule has 0 aliphatic rings. The highest BCUT2D eigenvalue weighted by Crippen LogP contribution is 2.26. The molecule has 4 nitrogen and oxygen atoms in total. The van der Waals surface area contributed by atoms with E-state index >= 15 is 0 Å². The summed E-state index contributed by atoms with van der Waals surface area (Å²) in [5, 5.41) is 3.51. The topological polar surface area (TPSA) is 47.6 Å². The van der Waals surface area contributed by atoms with Gasteiger partial charge in [-0.15, -0.1) is 0 Å². The number of ether oxygens (including phenoxy) is 2. The van der Waals surface area contributed by atoms with Gasteiger partial charge in [0.05, 0.1) is 6.54 Å². The molecular weight excluding hydrogens is 326 g/mol. The quantitative estimate of drug-likeness (QED) is 0.829. The molecule has 0 aliphatic heterocycles. The molecule has 2 atom stereocenters. The first-order valence-corrected chi connectivity index (χ1v) is 8.13. The van der Waals surface area contributed by atoms with Gasteiger partial charge < -0.3 is 14.8 Å². The molecule has 2 aromatic carbocycles. The van der Waals surface area contributed by atoms with E-state index in [1.165, 1.54) is 0 Å². The largest absolute Gasteiger partial charge is 0.481 e. The maximum Gasteiger partial charge on any atom is 0.260 e. The van der Waals surface area contributed by atoms with Crippen molar-refractivity contribution in [2.24, 2.45) is 0 Å². The number of para-hydroxylation sites is 1. The maximum atomic E-state index is 12.3. The van der Waals surface area contributed by atoms with Crippen molar-refractivity contribution in [3.63, 3.8) is 0 Å². The minimum atomic E-state index is -0.674. The second-order valence-corrected chi connectivity index (χ2v) is 6.17. The minimum Gasteiger partial charge on any atom is -0.481 e. The van der Waals surface area contributed by atoms with Gasteiger partial charge in [-0.2, -0.15) is 0 Å². The van der Waals surface area contributed by atoms with Gasteiger partial charge >= 0.3 is 0 Å². The van der Waals surface area contributed by atoms with Crippen LogP contribution < -0.4 is 10.1 Å². The Morgan fingerprint density at radius 3 is 2.54 bits per heavy atom. The van der Waals surface area contributed by atoms with Gasteiger partial charge in [0.2, 0.25) is 0 Å². The predicted molar refractivity (Wildman–Crippen MR) is 95.4 cm³/mol. The van der Waals surface area contributed by atoms with Crippen molar-refractivity contribution in [3.8, 4) is 5.75 Å². The second-order valence-electron chi connectivity index (χ2n) is 5.74. The van der Waals surface area contributed by atoms with Gasteiger partial charge in [0.25, 0.3) is 5.91 Å². The summed E-state index contributed by atoms with van der Waals surface area (Å²) in [5.41, 5.74) is 0.224. The van der Waals surface area contributed by atoms with E-state index in [1.807, 2.05) is 55.5 Å². The summed E-state index contributed by atoms with van der Waals surface area (Å²) in [4.78, 5) is 12.3. The van der Waals surface area contributed by atoms with Crippen LogP contribution in [0.15, 0.2) is 54.6 Å². The van der Waals surface area contributed by atoms with Crippen molar-refractivity contribution in [3.05, 3.63) is 65.2 Å². The van der Waals surface area contributed by atoms with E-state index in [1.54, 1.807) is 20.1 Å². The highest BCUT2D eigenvalue weighted by molar-refractivity contribution is 6.30. The van der Waals surface area contributed by atoms with Gasteiger partial charge in [-0.05, 0) is 43.7 Å². The zero-order chi connectivity index (χ0) is 17.6. The summed E-state index contributed by atoms with van der Waals surface area (Å²) < 4.78 is 11.2. The van der Waals surface area contributed by atoms with Crippen LogP contribution >= 0.6 is 11.6 Å². The van der Waals surface area contributed by atoms with Gasteiger partial charge in [0.15, 0.2) is 6.10 Å². The summed E-state index contributed by atoms with van der Waals surface area (Å²) in [7, 11) is 1.61. The minimum absolute atomic E-state index is 0.204. The molecule has 2 aromatic rings. The van der Waals surface area contributed by atoms with Crippen LogP contribution in [0.1, 0.15) is 19.4 Å². The molecule has 5 heteroatoms. The highest BCUT2D eigenvalue weighted by Gasteiger charge is 2.28. The maximum absolute atomic E-state index is 12.3. The van der Waals surface area contributed by atoms with Crippen molar-refractivity contribution >= 4 is 17.5 Å². The number of hydrogen-bond donors (Lipinski definition) is 1. The van der Waals surface area contributed by atoms with E-state index in [9.17, 15) is 4.79 Å². The van der Waals surface area contributed by atoms with Crippen LogP contribution in [0.5, 0.6) is 5.75 Å². The van der Waals surface area contributed by atoms with Crippen LogP contribution in [-0.4, -0.2) is 25.7 Å². The monoisotopic (exact) mass is 347 g/mol. The van der Waals surface area contributed by atoms with E-state index in [4.69, 9.17) is 21.1 Å². The molecule has 0 spiro atoms. The molecular formula is C19H22ClNO3. The third-order valence-corrected chi connectivity index (χ3v) is 4.15. The van der Waals surface area contributed by atoms with Crippen molar-refractivity contribution in [2.45, 2.75) is 25.6 Å². The first-order chi connectivity index (χ1) is 11.4. The average Bonchev–Trinajstić information content (AvgIpc) is 2.60. The summed E-state index contributed by atoms with van der Waals surface area (Å²) in [5.74, 6) is 0.452. The molecule has 0 aromatic heterocycles. The van der Waals surface area contributed by atoms with E-state index in [2.05, 4.69) is 5.32 Å². The van der Waals surface area contributed by atoms with E-state index in [0.717, 1.165) is 5.56 Å². The zero-order valence-electron chi connectivity index (χ0n) is 14.1. The Labute approximate surface area is 147 Å². The molecule has 24 heavy (non-hydrogen) atoms. The summed E-state index contributed by atoms with van der Waals surface area (Å²) in [6.07, 6.45) is -0.604. The Balaban J connectivity index is 1.98. The Bertz CT molecular complexity index is 677. The van der Waals surface area contributed by atoms with Crippen molar-refractivity contribution in [2.75, 3.05) is 13.7 Å². The number of methoxy groups -OCH3 is 1. The predicted octanol–water partition coefficient (Wildman–Crippen LogP) is 3.79. The number of nitrogens with one attached hydrogen (secondary N) is 1. The molecule has 0 aliphatic carbocycles. The van der Waals surface area contributed by atoms with Crippen molar-refractivity contribution < 1.29 is 14.3 Å². The van der Waals surface area contributed by atoms with Crippen LogP contribution in [0.25, 0.3) is 0 Å². The van der Waals surface area contributed by atoms with E-state index in [-0.39, 0.29) is 5.91 Å². The molecule has 0 bridgehead atoms. The normalized spacial score (nSPS) is 14.5. The molecule has 128 valence electrons. The number of rotatable bonds is 7. The molecule has 0 radical (unpaired) electrons. The number of carbonyl (C=O) groups is 1.